The largest absolute Gasteiger partial charge is 0.484 e. The van der Waals surface area contributed by atoms with Crippen molar-refractivity contribution in [1.82, 2.24) is 0 Å². The highest BCUT2D eigenvalue weighted by molar-refractivity contribution is 5.85. The first-order valence-electron chi connectivity index (χ1n) is 4.84. The number of ether oxygens (including phenoxy) is 3. The molecule has 0 radical (unpaired) electrons. The quantitative estimate of drug-likeness (QED) is 0.204. The van der Waals surface area contributed by atoms with Gasteiger partial charge in [-0.3, -0.25) is 0 Å². The minimum atomic E-state index is -0.473. The predicted molar refractivity (Wildman–Crippen MR) is 50.7 cm³/mol. The molecule has 1 unspecified atom stereocenters. The van der Waals surface area contributed by atoms with Gasteiger partial charge < -0.3 is 14.2 Å². The smallest absolute Gasteiger partial charge is 0.372 e. The molecule has 1 aliphatic rings. The van der Waals surface area contributed by atoms with E-state index >= 15 is 0 Å². The zero-order valence-corrected chi connectivity index (χ0v) is 8.45. The highest BCUT2D eigenvalue weighted by atomic mass is 16.6. The van der Waals surface area contributed by atoms with Crippen LogP contribution in [0, 0.1) is 0 Å². The molecule has 0 aromatic carbocycles. The van der Waals surface area contributed by atoms with Crippen molar-refractivity contribution < 1.29 is 19.0 Å². The highest BCUT2D eigenvalue weighted by Crippen LogP contribution is 2.11. The van der Waals surface area contributed by atoms with E-state index in [0.717, 1.165) is 12.8 Å². The summed E-state index contributed by atoms with van der Waals surface area (Å²) in [6, 6.07) is 0. The van der Waals surface area contributed by atoms with Gasteiger partial charge in [-0.2, -0.15) is 0 Å². The van der Waals surface area contributed by atoms with Crippen molar-refractivity contribution >= 4 is 5.97 Å². The lowest BCUT2D eigenvalue weighted by Crippen LogP contribution is -2.12. The predicted octanol–water partition coefficient (Wildman–Crippen LogP) is 1.26. The van der Waals surface area contributed by atoms with Crippen LogP contribution >= 0.6 is 0 Å². The van der Waals surface area contributed by atoms with Crippen molar-refractivity contribution in [3.8, 4) is 0 Å². The molecular formula is C10H16O4. The first kappa shape index (κ1) is 11.0. The van der Waals surface area contributed by atoms with Gasteiger partial charge >= 0.3 is 5.97 Å². The minimum absolute atomic E-state index is 0.0663. The maximum Gasteiger partial charge on any atom is 0.372 e. The van der Waals surface area contributed by atoms with Gasteiger partial charge in [-0.1, -0.05) is 13.3 Å². The topological polar surface area (TPSA) is 48.1 Å². The lowest BCUT2D eigenvalue weighted by Gasteiger charge is -2.07. The van der Waals surface area contributed by atoms with E-state index in [1.54, 1.807) is 0 Å². The summed E-state index contributed by atoms with van der Waals surface area (Å²) >= 11 is 0. The van der Waals surface area contributed by atoms with Gasteiger partial charge in [-0.25, -0.2) is 4.79 Å². The van der Waals surface area contributed by atoms with Crippen LogP contribution in [0.15, 0.2) is 12.3 Å². The molecule has 0 amide bonds. The van der Waals surface area contributed by atoms with Crippen LogP contribution in [0.3, 0.4) is 0 Å². The van der Waals surface area contributed by atoms with Crippen LogP contribution in [0.4, 0.5) is 0 Å². The van der Waals surface area contributed by atoms with E-state index in [1.807, 2.05) is 6.92 Å². The first-order valence-corrected chi connectivity index (χ1v) is 4.84. The molecule has 0 aromatic rings. The normalized spacial score (nSPS) is 18.8. The van der Waals surface area contributed by atoms with Crippen molar-refractivity contribution in [2.45, 2.75) is 25.9 Å². The lowest BCUT2D eigenvalue weighted by atomic mass is 10.4. The molecule has 0 aromatic heterocycles. The number of hydrogen-bond acceptors (Lipinski definition) is 4. The molecule has 0 saturated carbocycles. The second-order valence-electron chi connectivity index (χ2n) is 3.18. The monoisotopic (exact) mass is 200 g/mol. The Morgan fingerprint density at radius 3 is 2.86 bits per heavy atom. The summed E-state index contributed by atoms with van der Waals surface area (Å²) < 4.78 is 14.9. The van der Waals surface area contributed by atoms with Crippen molar-refractivity contribution in [3.05, 3.63) is 12.3 Å². The molecule has 0 bridgehead atoms. The van der Waals surface area contributed by atoms with Crippen molar-refractivity contribution in [3.63, 3.8) is 0 Å². The third-order valence-corrected chi connectivity index (χ3v) is 1.80. The van der Waals surface area contributed by atoms with E-state index in [0.29, 0.717) is 19.8 Å². The Kier molecular flexibility index (Phi) is 4.46. The summed E-state index contributed by atoms with van der Waals surface area (Å²) in [5.74, 6) is -0.407. The average molecular weight is 200 g/mol. The Morgan fingerprint density at radius 2 is 2.29 bits per heavy atom. The molecule has 14 heavy (non-hydrogen) atoms. The molecule has 4 nitrogen and oxygen atoms in total. The molecule has 1 heterocycles. The van der Waals surface area contributed by atoms with Crippen LogP contribution < -0.4 is 0 Å². The minimum Gasteiger partial charge on any atom is -0.484 e. The van der Waals surface area contributed by atoms with Crippen LogP contribution in [0.1, 0.15) is 19.8 Å². The zero-order chi connectivity index (χ0) is 10.4. The van der Waals surface area contributed by atoms with Crippen molar-refractivity contribution in [1.29, 1.82) is 0 Å². The first-order chi connectivity index (χ1) is 6.74. The van der Waals surface area contributed by atoms with E-state index < -0.39 is 5.97 Å². The van der Waals surface area contributed by atoms with Gasteiger partial charge in [0.15, 0.2) is 5.76 Å². The summed E-state index contributed by atoms with van der Waals surface area (Å²) in [5, 5.41) is 0. The summed E-state index contributed by atoms with van der Waals surface area (Å²) in [7, 11) is 0. The molecule has 1 atom stereocenters. The van der Waals surface area contributed by atoms with Crippen LogP contribution in [-0.2, 0) is 19.0 Å². The molecule has 0 spiro atoms. The van der Waals surface area contributed by atoms with Crippen LogP contribution in [-0.4, -0.2) is 31.9 Å². The maximum atomic E-state index is 11.2. The fourth-order valence-corrected chi connectivity index (χ4v) is 0.806. The summed E-state index contributed by atoms with van der Waals surface area (Å²) in [5.41, 5.74) is 0. The number of esters is 1. The van der Waals surface area contributed by atoms with Crippen LogP contribution in [0.25, 0.3) is 0 Å². The van der Waals surface area contributed by atoms with Crippen LogP contribution in [0.5, 0.6) is 0 Å². The number of carbonyl (C=O) groups is 1. The maximum absolute atomic E-state index is 11.2. The average Bonchev–Trinajstić information content (AvgIpc) is 2.98. The molecular weight excluding hydrogens is 184 g/mol. The third-order valence-electron chi connectivity index (χ3n) is 1.80. The Labute approximate surface area is 83.8 Å². The molecule has 0 N–H and O–H groups in total. The fraction of sp³-hybridized carbons (Fsp3) is 0.700. The Bertz CT molecular complexity index is 208. The molecule has 4 heteroatoms. The second kappa shape index (κ2) is 5.65. The Hall–Kier alpha value is -1.03. The van der Waals surface area contributed by atoms with E-state index in [-0.39, 0.29) is 11.9 Å². The van der Waals surface area contributed by atoms with Gasteiger partial charge in [0, 0.05) is 0 Å². The fourth-order valence-electron chi connectivity index (χ4n) is 0.806. The van der Waals surface area contributed by atoms with Gasteiger partial charge in [0.05, 0.1) is 13.2 Å². The summed E-state index contributed by atoms with van der Waals surface area (Å²) in [4.78, 5) is 11.2. The lowest BCUT2D eigenvalue weighted by molar-refractivity contribution is -0.143. The molecule has 1 rings (SSSR count). The molecule has 1 fully saturated rings. The second-order valence-corrected chi connectivity index (χ2v) is 3.18. The van der Waals surface area contributed by atoms with E-state index in [1.165, 1.54) is 0 Å². The van der Waals surface area contributed by atoms with Gasteiger partial charge in [0.25, 0.3) is 0 Å². The molecule has 1 aliphatic heterocycles. The van der Waals surface area contributed by atoms with Crippen molar-refractivity contribution in [2.75, 3.05) is 19.8 Å². The van der Waals surface area contributed by atoms with Crippen molar-refractivity contribution in [2.24, 2.45) is 0 Å². The van der Waals surface area contributed by atoms with E-state index in [4.69, 9.17) is 14.2 Å². The SMILES string of the molecule is C=C(OCC1CO1)C(=O)OCCCC. The highest BCUT2D eigenvalue weighted by Gasteiger charge is 2.24. The Balaban J connectivity index is 2.05. The van der Waals surface area contributed by atoms with Gasteiger partial charge in [0.1, 0.15) is 12.7 Å². The van der Waals surface area contributed by atoms with E-state index in [9.17, 15) is 4.79 Å². The number of hydrogen-bond donors (Lipinski definition) is 0. The van der Waals surface area contributed by atoms with Gasteiger partial charge in [-0.05, 0) is 13.0 Å². The number of unbranched alkanes of at least 4 members (excludes halogenated alkanes) is 1. The standard InChI is InChI=1S/C10H16O4/c1-3-4-5-12-10(11)8(2)13-6-9-7-14-9/h9H,2-7H2,1H3. The van der Waals surface area contributed by atoms with Crippen LogP contribution in [0.2, 0.25) is 0 Å². The van der Waals surface area contributed by atoms with Gasteiger partial charge in [0.2, 0.25) is 0 Å². The Morgan fingerprint density at radius 1 is 1.57 bits per heavy atom. The van der Waals surface area contributed by atoms with E-state index in [2.05, 4.69) is 6.58 Å². The van der Waals surface area contributed by atoms with Gasteiger partial charge in [-0.15, -0.1) is 0 Å². The molecule has 1 saturated heterocycles. The third kappa shape index (κ3) is 4.28. The number of epoxide rings is 1. The number of rotatable bonds is 7. The summed E-state index contributed by atoms with van der Waals surface area (Å²) in [6.07, 6.45) is 2.00. The number of carbonyl (C=O) groups excluding carboxylic acids is 1. The summed E-state index contributed by atoms with van der Waals surface area (Å²) in [6.45, 7) is 7.04. The molecule has 80 valence electrons. The zero-order valence-electron chi connectivity index (χ0n) is 8.45. The molecule has 0 aliphatic carbocycles.